The van der Waals surface area contributed by atoms with Crippen LogP contribution in [0.3, 0.4) is 0 Å². The van der Waals surface area contributed by atoms with E-state index in [0.717, 1.165) is 41.9 Å². The van der Waals surface area contributed by atoms with Crippen molar-refractivity contribution in [2.45, 2.75) is 31.9 Å². The smallest absolute Gasteiger partial charge is 0.0994 e. The first-order valence-corrected chi connectivity index (χ1v) is 13.3. The molecule has 0 radical (unpaired) electrons. The van der Waals surface area contributed by atoms with E-state index in [0.29, 0.717) is 28.7 Å². The molecule has 1 aliphatic rings. The second-order valence-electron chi connectivity index (χ2n) is 10.2. The third-order valence-electron chi connectivity index (χ3n) is 7.10. The van der Waals surface area contributed by atoms with Crippen molar-refractivity contribution in [2.24, 2.45) is 5.92 Å². The van der Waals surface area contributed by atoms with Gasteiger partial charge in [0.15, 0.2) is 0 Å². The third-order valence-corrected chi connectivity index (χ3v) is 7.66. The summed E-state index contributed by atoms with van der Waals surface area (Å²) in [6.07, 6.45) is 0.773. The average Bonchev–Trinajstić information content (AvgIpc) is 2.89. The average molecular weight is 539 g/mol. The normalized spacial score (nSPS) is 18.7. The highest BCUT2D eigenvalue weighted by molar-refractivity contribution is 6.33. The summed E-state index contributed by atoms with van der Waals surface area (Å²) >= 11 is 13.0. The molecule has 2 N–H and O–H groups in total. The Hall–Kier alpha value is -2.59. The van der Waals surface area contributed by atoms with Crippen molar-refractivity contribution in [3.63, 3.8) is 0 Å². The number of β-amino-alcohol motifs (C(OH)–C–C–N with tert-alkyl or cyclic N) is 1. The van der Waals surface area contributed by atoms with Crippen LogP contribution in [-0.4, -0.2) is 47.9 Å². The molecule has 194 valence electrons. The van der Waals surface area contributed by atoms with Crippen LogP contribution in [0.5, 0.6) is 0 Å². The monoisotopic (exact) mass is 537 g/mol. The Morgan fingerprint density at radius 2 is 1.76 bits per heavy atom. The van der Waals surface area contributed by atoms with E-state index >= 15 is 0 Å². The van der Waals surface area contributed by atoms with Crippen LogP contribution in [0, 0.1) is 17.2 Å². The van der Waals surface area contributed by atoms with Crippen molar-refractivity contribution in [1.82, 2.24) is 4.90 Å². The number of benzene rings is 3. The van der Waals surface area contributed by atoms with Crippen LogP contribution in [0.25, 0.3) is 0 Å². The maximum Gasteiger partial charge on any atom is 0.0994 e. The lowest BCUT2D eigenvalue weighted by atomic mass is 9.93. The van der Waals surface area contributed by atoms with Gasteiger partial charge in [0.25, 0.3) is 0 Å². The van der Waals surface area contributed by atoms with E-state index in [9.17, 15) is 10.2 Å². The number of piperazine rings is 1. The van der Waals surface area contributed by atoms with E-state index in [4.69, 9.17) is 28.5 Å². The summed E-state index contributed by atoms with van der Waals surface area (Å²) in [7, 11) is 0. The lowest BCUT2D eigenvalue weighted by Crippen LogP contribution is -2.52. The van der Waals surface area contributed by atoms with E-state index in [1.165, 1.54) is 0 Å². The molecule has 37 heavy (non-hydrogen) atoms. The Morgan fingerprint density at radius 1 is 1.05 bits per heavy atom. The zero-order valence-corrected chi connectivity index (χ0v) is 22.8. The molecular formula is C30H33Cl2N3O2. The number of aliphatic hydroxyl groups is 2. The molecule has 1 aliphatic heterocycles. The van der Waals surface area contributed by atoms with Crippen LogP contribution in [0.1, 0.15) is 42.1 Å². The molecule has 3 aromatic rings. The Morgan fingerprint density at radius 3 is 2.38 bits per heavy atom. The first-order chi connectivity index (χ1) is 17.7. The zero-order chi connectivity index (χ0) is 26.6. The summed E-state index contributed by atoms with van der Waals surface area (Å²) in [4.78, 5) is 4.61. The Kier molecular flexibility index (Phi) is 8.79. The number of hydrogen-bond acceptors (Lipinski definition) is 5. The maximum atomic E-state index is 11.4. The van der Waals surface area contributed by atoms with Crippen molar-refractivity contribution in [3.8, 4) is 6.07 Å². The standard InChI is InChI=1S/C30H33Cl2N3O2/c1-21(19-36)15-23-5-12-28(27(32)16-23)35-14-13-34(18-29(35)24-6-10-26(31)11-7-24)20-30(2,37)25-8-3-22(17-33)4-9-25/h3-12,16,21,29,36-37H,13-15,18-20H2,1-2H3/t21-,29-,30+/m0/s1. The minimum absolute atomic E-state index is 0.0162. The molecule has 0 saturated carbocycles. The second kappa shape index (κ2) is 11.9. The third kappa shape index (κ3) is 6.65. The van der Waals surface area contributed by atoms with Gasteiger partial charge in [0, 0.05) is 37.8 Å². The maximum absolute atomic E-state index is 11.4. The molecule has 1 saturated heterocycles. The van der Waals surface area contributed by atoms with Gasteiger partial charge in [-0.05, 0) is 72.4 Å². The molecule has 0 aliphatic carbocycles. The van der Waals surface area contributed by atoms with E-state index in [1.807, 2.05) is 56.3 Å². The summed E-state index contributed by atoms with van der Waals surface area (Å²) in [5, 5.41) is 31.2. The molecule has 7 heteroatoms. The lowest BCUT2D eigenvalue weighted by Gasteiger charge is -2.45. The molecular weight excluding hydrogens is 505 g/mol. The predicted molar refractivity (Wildman–Crippen MR) is 150 cm³/mol. The Bertz CT molecular complexity index is 1240. The number of aliphatic hydroxyl groups excluding tert-OH is 1. The van der Waals surface area contributed by atoms with Gasteiger partial charge in [-0.15, -0.1) is 0 Å². The van der Waals surface area contributed by atoms with Crippen molar-refractivity contribution in [2.75, 3.05) is 37.7 Å². The Balaban J connectivity index is 1.58. The summed E-state index contributed by atoms with van der Waals surface area (Å²) in [5.41, 5.74) is 3.50. The molecule has 0 spiro atoms. The van der Waals surface area contributed by atoms with Gasteiger partial charge in [-0.25, -0.2) is 0 Å². The number of nitriles is 1. The van der Waals surface area contributed by atoms with E-state index in [2.05, 4.69) is 28.0 Å². The molecule has 1 fully saturated rings. The minimum atomic E-state index is -1.07. The fourth-order valence-corrected chi connectivity index (χ4v) is 5.49. The molecule has 4 rings (SSSR count). The summed E-state index contributed by atoms with van der Waals surface area (Å²) in [6, 6.07) is 23.4. The van der Waals surface area contributed by atoms with Gasteiger partial charge in [0.05, 0.1) is 34.0 Å². The van der Waals surface area contributed by atoms with Crippen molar-refractivity contribution in [1.29, 1.82) is 5.26 Å². The second-order valence-corrected chi connectivity index (χ2v) is 11.1. The highest BCUT2D eigenvalue weighted by atomic mass is 35.5. The van der Waals surface area contributed by atoms with E-state index in [-0.39, 0.29) is 18.6 Å². The molecule has 0 aromatic heterocycles. The van der Waals surface area contributed by atoms with Crippen LogP contribution >= 0.6 is 23.2 Å². The minimum Gasteiger partial charge on any atom is -0.396 e. The molecule has 1 heterocycles. The van der Waals surface area contributed by atoms with Gasteiger partial charge in [0.2, 0.25) is 0 Å². The summed E-state index contributed by atoms with van der Waals surface area (Å²) in [6.45, 7) is 6.65. The molecule has 3 aromatic carbocycles. The number of rotatable bonds is 8. The molecule has 5 nitrogen and oxygen atoms in total. The largest absolute Gasteiger partial charge is 0.396 e. The zero-order valence-electron chi connectivity index (χ0n) is 21.2. The topological polar surface area (TPSA) is 70.7 Å². The first-order valence-electron chi connectivity index (χ1n) is 12.6. The highest BCUT2D eigenvalue weighted by Gasteiger charge is 2.34. The Labute approximate surface area is 229 Å². The van der Waals surface area contributed by atoms with E-state index < -0.39 is 5.60 Å². The number of hydrogen-bond donors (Lipinski definition) is 2. The molecule has 3 atom stereocenters. The molecule has 0 amide bonds. The number of halogens is 2. The predicted octanol–water partition coefficient (Wildman–Crippen LogP) is 5.81. The quantitative estimate of drug-likeness (QED) is 0.379. The highest BCUT2D eigenvalue weighted by Crippen LogP contribution is 2.37. The SMILES string of the molecule is C[C@H](CO)Cc1ccc(N2CCN(C[C@@](C)(O)c3ccc(C#N)cc3)C[C@H]2c2ccc(Cl)cc2)c(Cl)c1. The van der Waals surface area contributed by atoms with Gasteiger partial charge in [-0.3, -0.25) is 4.90 Å². The van der Waals surface area contributed by atoms with Gasteiger partial charge in [0.1, 0.15) is 0 Å². The molecule has 0 unspecified atom stereocenters. The lowest BCUT2D eigenvalue weighted by molar-refractivity contribution is 0.0103. The van der Waals surface area contributed by atoms with Crippen LogP contribution in [0.2, 0.25) is 10.0 Å². The van der Waals surface area contributed by atoms with Gasteiger partial charge < -0.3 is 15.1 Å². The number of anilines is 1. The van der Waals surface area contributed by atoms with Crippen LogP contribution < -0.4 is 4.90 Å². The van der Waals surface area contributed by atoms with Crippen molar-refractivity contribution < 1.29 is 10.2 Å². The van der Waals surface area contributed by atoms with Crippen LogP contribution in [0.15, 0.2) is 66.7 Å². The van der Waals surface area contributed by atoms with Gasteiger partial charge >= 0.3 is 0 Å². The van der Waals surface area contributed by atoms with Crippen molar-refractivity contribution >= 4 is 28.9 Å². The van der Waals surface area contributed by atoms with Gasteiger partial charge in [-0.2, -0.15) is 5.26 Å². The van der Waals surface area contributed by atoms with Crippen LogP contribution in [-0.2, 0) is 12.0 Å². The van der Waals surface area contributed by atoms with Gasteiger partial charge in [-0.1, -0.05) is 60.5 Å². The van der Waals surface area contributed by atoms with Crippen molar-refractivity contribution in [3.05, 3.63) is 99.0 Å². The molecule has 0 bridgehead atoms. The summed E-state index contributed by atoms with van der Waals surface area (Å²) < 4.78 is 0. The fraction of sp³-hybridized carbons (Fsp3) is 0.367. The fourth-order valence-electron chi connectivity index (χ4n) is 5.05. The van der Waals surface area contributed by atoms with Crippen LogP contribution in [0.4, 0.5) is 5.69 Å². The summed E-state index contributed by atoms with van der Waals surface area (Å²) in [5.74, 6) is 0.177. The van der Waals surface area contributed by atoms with E-state index in [1.54, 1.807) is 12.1 Å². The first kappa shape index (κ1) is 27.4. The number of nitrogens with zero attached hydrogens (tertiary/aromatic N) is 3.